The van der Waals surface area contributed by atoms with Crippen molar-refractivity contribution >= 4 is 17.8 Å². The minimum atomic E-state index is -1.17. The largest absolute Gasteiger partial charge is 0.468 e. The third-order valence-corrected chi connectivity index (χ3v) is 5.59. The standard InChI is InChI=1S/C19H24N2O4/c1-5-10-19(18(24)25-4)14-13(16(22)21(3)17(14)23)15(20-19)12-9-7-6-8-11(12)2/h6-9,13-15,20H,5,10H2,1-4H3/t13-,14-,15-,19+/m0/s1. The van der Waals surface area contributed by atoms with Gasteiger partial charge in [0.15, 0.2) is 0 Å². The highest BCUT2D eigenvalue weighted by molar-refractivity contribution is 6.09. The lowest BCUT2D eigenvalue weighted by molar-refractivity contribution is -0.154. The second kappa shape index (κ2) is 6.26. The molecule has 1 N–H and O–H groups in total. The van der Waals surface area contributed by atoms with Crippen molar-refractivity contribution in [3.8, 4) is 0 Å². The molecule has 0 unspecified atom stereocenters. The molecule has 2 aliphatic rings. The first-order valence-electron chi connectivity index (χ1n) is 8.62. The zero-order chi connectivity index (χ0) is 18.4. The highest BCUT2D eigenvalue weighted by Crippen LogP contribution is 2.50. The van der Waals surface area contributed by atoms with E-state index >= 15 is 0 Å². The van der Waals surface area contributed by atoms with E-state index in [1.807, 2.05) is 38.1 Å². The summed E-state index contributed by atoms with van der Waals surface area (Å²) < 4.78 is 5.05. The second-order valence-corrected chi connectivity index (χ2v) is 6.93. The molecule has 0 aliphatic carbocycles. The third kappa shape index (κ3) is 2.39. The Hall–Kier alpha value is -2.21. The van der Waals surface area contributed by atoms with Gasteiger partial charge in [0.05, 0.1) is 18.9 Å². The number of esters is 1. The molecule has 0 saturated carbocycles. The summed E-state index contributed by atoms with van der Waals surface area (Å²) >= 11 is 0. The highest BCUT2D eigenvalue weighted by Gasteiger charge is 2.67. The minimum Gasteiger partial charge on any atom is -0.468 e. The molecule has 0 spiro atoms. The monoisotopic (exact) mass is 344 g/mol. The van der Waals surface area contributed by atoms with Crippen LogP contribution in [-0.2, 0) is 19.1 Å². The van der Waals surface area contributed by atoms with Crippen LogP contribution in [0.5, 0.6) is 0 Å². The van der Waals surface area contributed by atoms with Crippen LogP contribution in [0, 0.1) is 18.8 Å². The van der Waals surface area contributed by atoms with E-state index in [2.05, 4.69) is 5.32 Å². The van der Waals surface area contributed by atoms with Crippen LogP contribution in [0.4, 0.5) is 0 Å². The molecule has 1 aromatic rings. The van der Waals surface area contributed by atoms with Gasteiger partial charge in [-0.3, -0.25) is 24.6 Å². The van der Waals surface area contributed by atoms with Gasteiger partial charge in [0.1, 0.15) is 5.54 Å². The highest BCUT2D eigenvalue weighted by atomic mass is 16.5. The molecule has 134 valence electrons. The molecule has 6 nitrogen and oxygen atoms in total. The normalized spacial score (nSPS) is 31.4. The van der Waals surface area contributed by atoms with Gasteiger partial charge in [0, 0.05) is 13.1 Å². The van der Waals surface area contributed by atoms with E-state index in [9.17, 15) is 14.4 Å². The Labute approximate surface area is 147 Å². The van der Waals surface area contributed by atoms with Gasteiger partial charge in [0.2, 0.25) is 11.8 Å². The Morgan fingerprint density at radius 1 is 1.28 bits per heavy atom. The van der Waals surface area contributed by atoms with Crippen molar-refractivity contribution in [2.24, 2.45) is 11.8 Å². The lowest BCUT2D eigenvalue weighted by atomic mass is 9.77. The fourth-order valence-electron chi connectivity index (χ4n) is 4.45. The first-order chi connectivity index (χ1) is 11.9. The summed E-state index contributed by atoms with van der Waals surface area (Å²) in [6.07, 6.45) is 1.13. The number of hydrogen-bond acceptors (Lipinski definition) is 5. The zero-order valence-corrected chi connectivity index (χ0v) is 15.0. The number of fused-ring (bicyclic) bond motifs is 1. The first-order valence-corrected chi connectivity index (χ1v) is 8.62. The van der Waals surface area contributed by atoms with Gasteiger partial charge in [-0.25, -0.2) is 0 Å². The number of amides is 2. The molecular formula is C19H24N2O4. The quantitative estimate of drug-likeness (QED) is 0.663. The van der Waals surface area contributed by atoms with Gasteiger partial charge in [-0.15, -0.1) is 0 Å². The first kappa shape index (κ1) is 17.6. The molecule has 1 aromatic carbocycles. The molecule has 0 bridgehead atoms. The van der Waals surface area contributed by atoms with E-state index in [1.54, 1.807) is 0 Å². The number of carbonyl (C=O) groups excluding carboxylic acids is 3. The van der Waals surface area contributed by atoms with E-state index < -0.39 is 29.4 Å². The Morgan fingerprint density at radius 3 is 2.56 bits per heavy atom. The van der Waals surface area contributed by atoms with E-state index in [0.717, 1.165) is 16.0 Å². The summed E-state index contributed by atoms with van der Waals surface area (Å²) in [6, 6.07) is 7.35. The van der Waals surface area contributed by atoms with Crippen LogP contribution < -0.4 is 5.32 Å². The predicted octanol–water partition coefficient (Wildman–Crippen LogP) is 1.58. The Bertz CT molecular complexity index is 732. The van der Waals surface area contributed by atoms with Crippen LogP contribution in [0.3, 0.4) is 0 Å². The van der Waals surface area contributed by atoms with Crippen molar-refractivity contribution < 1.29 is 19.1 Å². The van der Waals surface area contributed by atoms with Gasteiger partial charge in [-0.1, -0.05) is 37.6 Å². The predicted molar refractivity (Wildman–Crippen MR) is 91.5 cm³/mol. The molecule has 2 amide bonds. The lowest BCUT2D eigenvalue weighted by Crippen LogP contribution is -2.56. The number of rotatable bonds is 4. The molecule has 4 atom stereocenters. The van der Waals surface area contributed by atoms with Crippen molar-refractivity contribution in [3.63, 3.8) is 0 Å². The SMILES string of the molecule is CCC[C@@]1(C(=O)OC)N[C@@H](c2ccccc2C)[C@H]2C(=O)N(C)C(=O)[C@H]21. The number of carbonyl (C=O) groups is 3. The number of aryl methyl sites for hydroxylation is 1. The fraction of sp³-hybridized carbons (Fsp3) is 0.526. The number of nitrogens with zero attached hydrogens (tertiary/aromatic N) is 1. The van der Waals surface area contributed by atoms with Crippen molar-refractivity contribution in [2.45, 2.75) is 38.3 Å². The average Bonchev–Trinajstić information content (AvgIpc) is 3.05. The van der Waals surface area contributed by atoms with E-state index in [0.29, 0.717) is 12.8 Å². The lowest BCUT2D eigenvalue weighted by Gasteiger charge is -2.32. The number of hydrogen-bond donors (Lipinski definition) is 1. The van der Waals surface area contributed by atoms with Crippen molar-refractivity contribution in [2.75, 3.05) is 14.2 Å². The Morgan fingerprint density at radius 2 is 1.96 bits per heavy atom. The maximum absolute atomic E-state index is 12.8. The number of ether oxygens (including phenoxy) is 1. The van der Waals surface area contributed by atoms with Crippen LogP contribution in [-0.4, -0.2) is 42.4 Å². The molecule has 0 aromatic heterocycles. The summed E-state index contributed by atoms with van der Waals surface area (Å²) in [5.41, 5.74) is 0.792. The summed E-state index contributed by atoms with van der Waals surface area (Å²) in [4.78, 5) is 39.5. The van der Waals surface area contributed by atoms with Crippen molar-refractivity contribution in [3.05, 3.63) is 35.4 Å². The van der Waals surface area contributed by atoms with Crippen LogP contribution in [0.25, 0.3) is 0 Å². The molecule has 2 saturated heterocycles. The summed E-state index contributed by atoms with van der Waals surface area (Å²) in [6.45, 7) is 3.92. The second-order valence-electron chi connectivity index (χ2n) is 6.93. The molecule has 0 radical (unpaired) electrons. The van der Waals surface area contributed by atoms with Crippen LogP contribution >= 0.6 is 0 Å². The average molecular weight is 344 g/mol. The third-order valence-electron chi connectivity index (χ3n) is 5.59. The van der Waals surface area contributed by atoms with Crippen molar-refractivity contribution in [1.82, 2.24) is 10.2 Å². The van der Waals surface area contributed by atoms with Crippen LogP contribution in [0.2, 0.25) is 0 Å². The maximum atomic E-state index is 12.8. The molecule has 2 aliphatic heterocycles. The number of imide groups is 1. The van der Waals surface area contributed by atoms with E-state index in [4.69, 9.17) is 4.74 Å². The van der Waals surface area contributed by atoms with Crippen LogP contribution in [0.1, 0.15) is 36.9 Å². The zero-order valence-electron chi connectivity index (χ0n) is 15.0. The number of methoxy groups -OCH3 is 1. The van der Waals surface area contributed by atoms with Gasteiger partial charge in [-0.2, -0.15) is 0 Å². The fourth-order valence-corrected chi connectivity index (χ4v) is 4.45. The smallest absolute Gasteiger partial charge is 0.326 e. The summed E-state index contributed by atoms with van der Waals surface area (Å²) in [5.74, 6) is -2.35. The molecule has 25 heavy (non-hydrogen) atoms. The summed E-state index contributed by atoms with van der Waals surface area (Å²) in [5, 5.41) is 3.35. The van der Waals surface area contributed by atoms with Crippen LogP contribution in [0.15, 0.2) is 24.3 Å². The van der Waals surface area contributed by atoms with Gasteiger partial charge < -0.3 is 4.74 Å². The van der Waals surface area contributed by atoms with Crippen molar-refractivity contribution in [1.29, 1.82) is 0 Å². The van der Waals surface area contributed by atoms with Gasteiger partial charge in [-0.05, 0) is 24.5 Å². The topological polar surface area (TPSA) is 75.7 Å². The molecule has 2 heterocycles. The molecule has 6 heteroatoms. The maximum Gasteiger partial charge on any atom is 0.326 e. The Balaban J connectivity index is 2.17. The minimum absolute atomic E-state index is 0.238. The number of nitrogens with one attached hydrogen (secondary N) is 1. The molecule has 2 fully saturated rings. The number of likely N-dealkylation sites (tertiary alicyclic amines) is 1. The van der Waals surface area contributed by atoms with Gasteiger partial charge >= 0.3 is 5.97 Å². The number of benzene rings is 1. The summed E-state index contributed by atoms with van der Waals surface area (Å²) in [7, 11) is 2.81. The van der Waals surface area contributed by atoms with Gasteiger partial charge in [0.25, 0.3) is 0 Å². The van der Waals surface area contributed by atoms with E-state index in [1.165, 1.54) is 14.2 Å². The van der Waals surface area contributed by atoms with E-state index in [-0.39, 0.29) is 11.8 Å². The molecular weight excluding hydrogens is 320 g/mol. The Kier molecular flexibility index (Phi) is 4.41. The molecule has 3 rings (SSSR count).